The zero-order valence-corrected chi connectivity index (χ0v) is 16.0. The molecule has 1 aliphatic rings. The predicted molar refractivity (Wildman–Crippen MR) is 105 cm³/mol. The van der Waals surface area contributed by atoms with Crippen molar-refractivity contribution < 1.29 is 13.9 Å². The van der Waals surface area contributed by atoms with Gasteiger partial charge in [0.1, 0.15) is 11.9 Å². The van der Waals surface area contributed by atoms with Crippen LogP contribution in [0.15, 0.2) is 65.1 Å². The fourth-order valence-electron chi connectivity index (χ4n) is 3.27. The van der Waals surface area contributed by atoms with E-state index < -0.39 is 5.54 Å². The summed E-state index contributed by atoms with van der Waals surface area (Å²) in [6.07, 6.45) is 3.23. The summed E-state index contributed by atoms with van der Waals surface area (Å²) in [7, 11) is 1.65. The first-order valence-electron chi connectivity index (χ1n) is 9.23. The molecule has 0 bridgehead atoms. The number of aromatic nitrogens is 2. The van der Waals surface area contributed by atoms with E-state index >= 15 is 0 Å². The van der Waals surface area contributed by atoms with Gasteiger partial charge in [-0.15, -0.1) is 10.2 Å². The zero-order chi connectivity index (χ0) is 19.6. The topological polar surface area (TPSA) is 83.4 Å². The molecule has 0 fully saturated rings. The number of benzene rings is 2. The Morgan fingerprint density at radius 3 is 2.57 bits per heavy atom. The first kappa shape index (κ1) is 18.3. The number of hydrogen-bond donors (Lipinski definition) is 1. The Balaban J connectivity index is 1.45. The number of rotatable bonds is 6. The molecule has 6 nitrogen and oxygen atoms in total. The van der Waals surface area contributed by atoms with Crippen molar-refractivity contribution in [1.82, 2.24) is 10.2 Å². The smallest absolute Gasteiger partial charge is 0.282 e. The summed E-state index contributed by atoms with van der Waals surface area (Å²) in [4.78, 5) is 0. The van der Waals surface area contributed by atoms with Gasteiger partial charge in [0, 0.05) is 6.42 Å². The van der Waals surface area contributed by atoms with Crippen LogP contribution < -0.4 is 10.5 Å². The molecule has 0 saturated heterocycles. The van der Waals surface area contributed by atoms with Crippen LogP contribution in [0.3, 0.4) is 0 Å². The highest BCUT2D eigenvalue weighted by molar-refractivity contribution is 5.54. The quantitative estimate of drug-likeness (QED) is 0.699. The van der Waals surface area contributed by atoms with Crippen LogP contribution in [0, 0.1) is 0 Å². The molecule has 2 heterocycles. The van der Waals surface area contributed by atoms with E-state index in [2.05, 4.69) is 10.2 Å². The van der Waals surface area contributed by atoms with Gasteiger partial charge in [-0.05, 0) is 42.7 Å². The number of hydrogen-bond acceptors (Lipinski definition) is 6. The lowest BCUT2D eigenvalue weighted by atomic mass is 9.94. The summed E-state index contributed by atoms with van der Waals surface area (Å²) in [5.74, 6) is 2.16. The Labute approximate surface area is 164 Å². The molecule has 0 radical (unpaired) electrons. The Bertz CT molecular complexity index is 962. The van der Waals surface area contributed by atoms with Crippen LogP contribution in [0.1, 0.15) is 42.4 Å². The Hall–Kier alpha value is -3.12. The molecule has 2 N–H and O–H groups in total. The highest BCUT2D eigenvalue weighted by Gasteiger charge is 2.31. The average molecular weight is 377 g/mol. The maximum atomic E-state index is 6.46. The number of ether oxygens (including phenoxy) is 2. The van der Waals surface area contributed by atoms with Gasteiger partial charge < -0.3 is 19.6 Å². The van der Waals surface area contributed by atoms with Gasteiger partial charge in [0.05, 0.1) is 12.6 Å². The van der Waals surface area contributed by atoms with Crippen LogP contribution in [-0.2, 0) is 16.7 Å². The molecule has 0 spiro atoms. The first-order valence-corrected chi connectivity index (χ1v) is 9.23. The molecule has 0 unspecified atom stereocenters. The summed E-state index contributed by atoms with van der Waals surface area (Å²) in [5.41, 5.74) is 7.88. The van der Waals surface area contributed by atoms with Crippen molar-refractivity contribution in [1.29, 1.82) is 0 Å². The van der Waals surface area contributed by atoms with Crippen molar-refractivity contribution in [3.63, 3.8) is 0 Å². The normalized spacial score (nSPS) is 18.2. The summed E-state index contributed by atoms with van der Waals surface area (Å²) in [5, 5.41) is 8.32. The zero-order valence-electron chi connectivity index (χ0n) is 16.0. The Morgan fingerprint density at radius 1 is 1.11 bits per heavy atom. The summed E-state index contributed by atoms with van der Waals surface area (Å²) in [6.45, 7) is 1.89. The maximum Gasteiger partial charge on any atom is 0.282 e. The highest BCUT2D eigenvalue weighted by atomic mass is 16.5. The van der Waals surface area contributed by atoms with Gasteiger partial charge >= 0.3 is 0 Å². The second-order valence-electron chi connectivity index (χ2n) is 7.18. The molecule has 144 valence electrons. The van der Waals surface area contributed by atoms with Gasteiger partial charge in [0.25, 0.3) is 5.89 Å². The van der Waals surface area contributed by atoms with E-state index in [-0.39, 0.29) is 6.10 Å². The van der Waals surface area contributed by atoms with E-state index in [0.717, 1.165) is 23.3 Å². The standard InChI is InChI=1S/C22H23N3O3/c1-22(23,14-15-6-4-3-5-7-15)21-25-24-20(28-21)19-13-12-18(27-19)16-8-10-17(26-2)11-9-16/h3-11,13,18H,12,14,23H2,1-2H3/t18-,22-/m1/s1. The number of nitrogens with two attached hydrogens (primary N) is 1. The fourth-order valence-corrected chi connectivity index (χ4v) is 3.27. The third kappa shape index (κ3) is 3.77. The molecule has 4 rings (SSSR count). The lowest BCUT2D eigenvalue weighted by molar-refractivity contribution is 0.186. The van der Waals surface area contributed by atoms with Crippen molar-refractivity contribution >= 4 is 5.76 Å². The van der Waals surface area contributed by atoms with E-state index in [0.29, 0.717) is 24.0 Å². The van der Waals surface area contributed by atoms with Crippen LogP contribution >= 0.6 is 0 Å². The van der Waals surface area contributed by atoms with Crippen LogP contribution in [0.4, 0.5) is 0 Å². The molecule has 0 aliphatic carbocycles. The Morgan fingerprint density at radius 2 is 1.86 bits per heavy atom. The SMILES string of the molecule is COc1ccc([C@H]2CC=C(c3nnc([C@](C)(N)Cc4ccccc4)o3)O2)cc1. The molecule has 1 aliphatic heterocycles. The van der Waals surface area contributed by atoms with E-state index in [9.17, 15) is 0 Å². The van der Waals surface area contributed by atoms with E-state index in [1.165, 1.54) is 0 Å². The van der Waals surface area contributed by atoms with Crippen molar-refractivity contribution in [3.8, 4) is 5.75 Å². The van der Waals surface area contributed by atoms with Crippen LogP contribution in [0.25, 0.3) is 5.76 Å². The van der Waals surface area contributed by atoms with E-state index in [1.807, 2.05) is 67.6 Å². The van der Waals surface area contributed by atoms with Crippen molar-refractivity contribution in [2.75, 3.05) is 7.11 Å². The molecular weight excluding hydrogens is 354 g/mol. The van der Waals surface area contributed by atoms with E-state index in [1.54, 1.807) is 7.11 Å². The summed E-state index contributed by atoms with van der Waals surface area (Å²) in [6, 6.07) is 17.9. The van der Waals surface area contributed by atoms with Crippen molar-refractivity contribution in [3.05, 3.63) is 83.6 Å². The molecule has 0 saturated carbocycles. The van der Waals surface area contributed by atoms with Crippen LogP contribution in [-0.4, -0.2) is 17.3 Å². The minimum atomic E-state index is -0.763. The van der Waals surface area contributed by atoms with Crippen LogP contribution in [0.5, 0.6) is 5.75 Å². The highest BCUT2D eigenvalue weighted by Crippen LogP contribution is 2.36. The number of methoxy groups -OCH3 is 1. The van der Waals surface area contributed by atoms with Gasteiger partial charge in [0.2, 0.25) is 5.89 Å². The Kier molecular flexibility index (Phi) is 4.88. The molecule has 2 atom stereocenters. The lowest BCUT2D eigenvalue weighted by Gasteiger charge is -2.20. The van der Waals surface area contributed by atoms with Crippen molar-refractivity contribution in [2.24, 2.45) is 5.73 Å². The molecule has 1 aromatic heterocycles. The minimum absolute atomic E-state index is 0.0789. The molecule has 28 heavy (non-hydrogen) atoms. The second kappa shape index (κ2) is 7.48. The fraction of sp³-hybridized carbons (Fsp3) is 0.273. The molecule has 0 amide bonds. The molecule has 6 heteroatoms. The third-order valence-corrected chi connectivity index (χ3v) is 4.81. The summed E-state index contributed by atoms with van der Waals surface area (Å²) >= 11 is 0. The largest absolute Gasteiger partial charge is 0.497 e. The molecule has 3 aromatic rings. The predicted octanol–water partition coefficient (Wildman–Crippen LogP) is 4.00. The van der Waals surface area contributed by atoms with Crippen molar-refractivity contribution in [2.45, 2.75) is 31.4 Å². The third-order valence-electron chi connectivity index (χ3n) is 4.81. The van der Waals surface area contributed by atoms with Gasteiger partial charge in [-0.2, -0.15) is 0 Å². The lowest BCUT2D eigenvalue weighted by Crippen LogP contribution is -2.35. The van der Waals surface area contributed by atoms with E-state index in [4.69, 9.17) is 19.6 Å². The minimum Gasteiger partial charge on any atom is -0.497 e. The van der Waals surface area contributed by atoms with Gasteiger partial charge in [-0.1, -0.05) is 42.5 Å². The molecule has 2 aromatic carbocycles. The average Bonchev–Trinajstić information content (AvgIpc) is 3.38. The van der Waals surface area contributed by atoms with Gasteiger partial charge in [-0.3, -0.25) is 0 Å². The first-order chi connectivity index (χ1) is 13.5. The summed E-state index contributed by atoms with van der Waals surface area (Å²) < 4.78 is 17.1. The van der Waals surface area contributed by atoms with Gasteiger partial charge in [-0.25, -0.2) is 0 Å². The van der Waals surface area contributed by atoms with Crippen LogP contribution in [0.2, 0.25) is 0 Å². The maximum absolute atomic E-state index is 6.46. The number of nitrogens with zero attached hydrogens (tertiary/aromatic N) is 2. The van der Waals surface area contributed by atoms with Gasteiger partial charge in [0.15, 0.2) is 5.76 Å². The second-order valence-corrected chi connectivity index (χ2v) is 7.18. The monoisotopic (exact) mass is 377 g/mol. The molecular formula is C22H23N3O3.